The number of aliphatic hydroxyl groups excluding tert-OH is 1. The Balaban J connectivity index is 2.20. The molecule has 0 saturated carbocycles. The van der Waals surface area contributed by atoms with Crippen LogP contribution < -0.4 is 5.32 Å². The topological polar surface area (TPSA) is 75.9 Å². The molecule has 0 aliphatic rings. The molecule has 6 nitrogen and oxygen atoms in total. The van der Waals surface area contributed by atoms with Crippen LogP contribution in [0.4, 0.5) is 5.95 Å². The molecule has 1 heterocycles. The third-order valence-corrected chi connectivity index (χ3v) is 1.49. The summed E-state index contributed by atoms with van der Waals surface area (Å²) in [5.74, 6) is 0.660. The van der Waals surface area contributed by atoms with Gasteiger partial charge in [0.2, 0.25) is 5.95 Å². The second-order valence-corrected chi connectivity index (χ2v) is 2.48. The molecule has 0 bridgehead atoms. The van der Waals surface area contributed by atoms with Crippen LogP contribution in [0.2, 0.25) is 0 Å². The van der Waals surface area contributed by atoms with Gasteiger partial charge in [0, 0.05) is 20.2 Å². The fourth-order valence-corrected chi connectivity index (χ4v) is 0.816. The highest BCUT2D eigenvalue weighted by Crippen LogP contribution is 1.96. The number of nitrogens with zero attached hydrogens (tertiary/aromatic N) is 4. The van der Waals surface area contributed by atoms with Crippen LogP contribution in [0.1, 0.15) is 12.8 Å². The SMILES string of the molecule is Cn1nnnc1NCCCCO. The first kappa shape index (κ1) is 8.92. The molecule has 68 valence electrons. The fraction of sp³-hybridized carbons (Fsp3) is 0.833. The van der Waals surface area contributed by atoms with Gasteiger partial charge in [-0.15, -0.1) is 0 Å². The number of tetrazole rings is 1. The Hall–Kier alpha value is -1.17. The number of aryl methyl sites for hydroxylation is 1. The number of rotatable bonds is 5. The van der Waals surface area contributed by atoms with E-state index in [0.717, 1.165) is 19.4 Å². The maximum atomic E-state index is 8.50. The lowest BCUT2D eigenvalue weighted by atomic mass is 10.3. The molecule has 0 unspecified atom stereocenters. The van der Waals surface area contributed by atoms with Gasteiger partial charge >= 0.3 is 0 Å². The molecule has 0 spiro atoms. The normalized spacial score (nSPS) is 10.2. The standard InChI is InChI=1S/C6H13N5O/c1-11-6(8-9-10-11)7-4-2-3-5-12/h12H,2-5H2,1H3,(H,7,8,10). The molecule has 2 N–H and O–H groups in total. The molecule has 1 aromatic rings. The average Bonchev–Trinajstić information content (AvgIpc) is 2.46. The number of aliphatic hydroxyl groups is 1. The molecule has 12 heavy (non-hydrogen) atoms. The maximum Gasteiger partial charge on any atom is 0.242 e. The fourth-order valence-electron chi connectivity index (χ4n) is 0.816. The van der Waals surface area contributed by atoms with Crippen LogP contribution >= 0.6 is 0 Å². The van der Waals surface area contributed by atoms with Crippen molar-refractivity contribution in [3.05, 3.63) is 0 Å². The van der Waals surface area contributed by atoms with Crippen LogP contribution in [0.15, 0.2) is 0 Å². The zero-order chi connectivity index (χ0) is 8.81. The van der Waals surface area contributed by atoms with E-state index in [1.54, 1.807) is 11.7 Å². The minimum absolute atomic E-state index is 0.235. The molecule has 0 amide bonds. The van der Waals surface area contributed by atoms with Gasteiger partial charge < -0.3 is 10.4 Å². The molecule has 1 rings (SSSR count). The van der Waals surface area contributed by atoms with Crippen LogP contribution in [-0.4, -0.2) is 38.5 Å². The van der Waals surface area contributed by atoms with E-state index in [-0.39, 0.29) is 6.61 Å². The summed E-state index contributed by atoms with van der Waals surface area (Å²) in [5.41, 5.74) is 0. The summed E-state index contributed by atoms with van der Waals surface area (Å²) >= 11 is 0. The third kappa shape index (κ3) is 2.46. The Kier molecular flexibility index (Phi) is 3.46. The van der Waals surface area contributed by atoms with E-state index < -0.39 is 0 Å². The summed E-state index contributed by atoms with van der Waals surface area (Å²) < 4.78 is 1.57. The van der Waals surface area contributed by atoms with E-state index in [1.807, 2.05) is 0 Å². The molecule has 1 aromatic heterocycles. The molecule has 0 aliphatic carbocycles. The molecular formula is C6H13N5O. The predicted molar refractivity (Wildman–Crippen MR) is 43.6 cm³/mol. The number of hydrogen-bond acceptors (Lipinski definition) is 5. The number of unbranched alkanes of at least 4 members (excludes halogenated alkanes) is 1. The number of anilines is 1. The van der Waals surface area contributed by atoms with E-state index in [4.69, 9.17) is 5.11 Å². The van der Waals surface area contributed by atoms with E-state index in [2.05, 4.69) is 20.8 Å². The van der Waals surface area contributed by atoms with E-state index in [1.165, 1.54) is 0 Å². The second-order valence-electron chi connectivity index (χ2n) is 2.48. The first-order chi connectivity index (χ1) is 5.84. The Morgan fingerprint density at radius 1 is 1.50 bits per heavy atom. The van der Waals surface area contributed by atoms with Gasteiger partial charge in [0.1, 0.15) is 0 Å². The van der Waals surface area contributed by atoms with Gasteiger partial charge in [-0.25, -0.2) is 4.68 Å². The Morgan fingerprint density at radius 3 is 2.92 bits per heavy atom. The van der Waals surface area contributed by atoms with Crippen molar-refractivity contribution in [2.24, 2.45) is 7.05 Å². The number of nitrogens with one attached hydrogen (secondary N) is 1. The monoisotopic (exact) mass is 171 g/mol. The van der Waals surface area contributed by atoms with Crippen molar-refractivity contribution >= 4 is 5.95 Å². The Labute approximate surface area is 70.6 Å². The molecule has 0 radical (unpaired) electrons. The zero-order valence-corrected chi connectivity index (χ0v) is 7.06. The maximum absolute atomic E-state index is 8.50. The lowest BCUT2D eigenvalue weighted by Crippen LogP contribution is -2.07. The largest absolute Gasteiger partial charge is 0.396 e. The third-order valence-electron chi connectivity index (χ3n) is 1.49. The van der Waals surface area contributed by atoms with Crippen molar-refractivity contribution in [1.29, 1.82) is 0 Å². The van der Waals surface area contributed by atoms with Crippen molar-refractivity contribution in [2.45, 2.75) is 12.8 Å². The molecule has 0 atom stereocenters. The summed E-state index contributed by atoms with van der Waals surface area (Å²) in [6.45, 7) is 1.02. The average molecular weight is 171 g/mol. The number of aromatic nitrogens is 4. The van der Waals surface area contributed by atoms with Crippen molar-refractivity contribution in [3.8, 4) is 0 Å². The Bertz CT molecular complexity index is 223. The lowest BCUT2D eigenvalue weighted by molar-refractivity contribution is 0.286. The molecular weight excluding hydrogens is 158 g/mol. The van der Waals surface area contributed by atoms with Gasteiger partial charge in [-0.3, -0.25) is 0 Å². The molecule has 0 aliphatic heterocycles. The minimum Gasteiger partial charge on any atom is -0.396 e. The summed E-state index contributed by atoms with van der Waals surface area (Å²) in [6.07, 6.45) is 1.72. The zero-order valence-electron chi connectivity index (χ0n) is 7.06. The van der Waals surface area contributed by atoms with E-state index >= 15 is 0 Å². The summed E-state index contributed by atoms with van der Waals surface area (Å²) in [7, 11) is 1.77. The summed E-state index contributed by atoms with van der Waals surface area (Å²) in [4.78, 5) is 0. The quantitative estimate of drug-likeness (QED) is 0.578. The smallest absolute Gasteiger partial charge is 0.242 e. The van der Waals surface area contributed by atoms with Gasteiger partial charge in [0.25, 0.3) is 0 Å². The van der Waals surface area contributed by atoms with E-state index in [0.29, 0.717) is 5.95 Å². The van der Waals surface area contributed by atoms with Crippen molar-refractivity contribution in [1.82, 2.24) is 20.2 Å². The van der Waals surface area contributed by atoms with Crippen LogP contribution in [0.5, 0.6) is 0 Å². The minimum atomic E-state index is 0.235. The van der Waals surface area contributed by atoms with Gasteiger partial charge in [-0.2, -0.15) is 0 Å². The van der Waals surface area contributed by atoms with Crippen LogP contribution in [0, 0.1) is 0 Å². The van der Waals surface area contributed by atoms with Gasteiger partial charge in [0.05, 0.1) is 0 Å². The first-order valence-corrected chi connectivity index (χ1v) is 3.91. The molecule has 6 heteroatoms. The predicted octanol–water partition coefficient (Wildman–Crippen LogP) is -0.606. The van der Waals surface area contributed by atoms with Gasteiger partial charge in [-0.1, -0.05) is 5.10 Å². The first-order valence-electron chi connectivity index (χ1n) is 3.91. The van der Waals surface area contributed by atoms with Crippen molar-refractivity contribution < 1.29 is 5.11 Å². The van der Waals surface area contributed by atoms with Gasteiger partial charge in [0.15, 0.2) is 0 Å². The van der Waals surface area contributed by atoms with Crippen LogP contribution in [0.3, 0.4) is 0 Å². The van der Waals surface area contributed by atoms with Crippen LogP contribution in [0.25, 0.3) is 0 Å². The lowest BCUT2D eigenvalue weighted by Gasteiger charge is -2.01. The highest BCUT2D eigenvalue weighted by atomic mass is 16.2. The van der Waals surface area contributed by atoms with Crippen molar-refractivity contribution in [2.75, 3.05) is 18.5 Å². The van der Waals surface area contributed by atoms with Crippen LogP contribution in [-0.2, 0) is 7.05 Å². The van der Waals surface area contributed by atoms with E-state index in [9.17, 15) is 0 Å². The molecule has 0 aromatic carbocycles. The number of hydrogen-bond donors (Lipinski definition) is 2. The highest BCUT2D eigenvalue weighted by molar-refractivity contribution is 5.20. The summed E-state index contributed by atoms with van der Waals surface area (Å²) in [5, 5.41) is 22.4. The van der Waals surface area contributed by atoms with Crippen molar-refractivity contribution in [3.63, 3.8) is 0 Å². The highest BCUT2D eigenvalue weighted by Gasteiger charge is 1.98. The second kappa shape index (κ2) is 4.66. The molecule has 0 fully saturated rings. The molecule has 0 saturated heterocycles. The van der Waals surface area contributed by atoms with Gasteiger partial charge in [-0.05, 0) is 23.3 Å². The Morgan fingerprint density at radius 2 is 2.33 bits per heavy atom. The summed E-state index contributed by atoms with van der Waals surface area (Å²) in [6, 6.07) is 0.